The lowest BCUT2D eigenvalue weighted by Crippen LogP contribution is -2.43. The van der Waals surface area contributed by atoms with Crippen LogP contribution in [0.5, 0.6) is 0 Å². The zero-order chi connectivity index (χ0) is 19.3. The van der Waals surface area contributed by atoms with Crippen molar-refractivity contribution in [3.63, 3.8) is 0 Å². The summed E-state index contributed by atoms with van der Waals surface area (Å²) >= 11 is 0. The average molecular weight is 378 g/mol. The second-order valence-corrected chi connectivity index (χ2v) is 8.26. The van der Waals surface area contributed by atoms with Crippen molar-refractivity contribution >= 4 is 5.91 Å². The van der Waals surface area contributed by atoms with Crippen LogP contribution in [0.1, 0.15) is 41.0 Å². The molecule has 1 aliphatic carbocycles. The number of hydrogen-bond acceptors (Lipinski definition) is 3. The van der Waals surface area contributed by atoms with Gasteiger partial charge < -0.3 is 10.2 Å². The van der Waals surface area contributed by atoms with Crippen molar-refractivity contribution in [3.8, 4) is 0 Å². The summed E-state index contributed by atoms with van der Waals surface area (Å²) in [7, 11) is 2.19. The predicted molar refractivity (Wildman–Crippen MR) is 113 cm³/mol. The average Bonchev–Trinajstić information content (AvgIpc) is 2.74. The lowest BCUT2D eigenvalue weighted by atomic mass is 9.82. The van der Waals surface area contributed by atoms with Gasteiger partial charge in [0.25, 0.3) is 0 Å². The number of likely N-dealkylation sites (N-methyl/N-ethyl adjacent to an activating group) is 1. The molecule has 2 aliphatic rings. The van der Waals surface area contributed by atoms with Crippen LogP contribution in [0.25, 0.3) is 0 Å². The minimum atomic E-state index is 0.00135. The first-order valence-electron chi connectivity index (χ1n) is 10.5. The van der Waals surface area contributed by atoms with Crippen LogP contribution in [0.15, 0.2) is 48.5 Å². The fraction of sp³-hybridized carbons (Fsp3) is 0.458. The molecule has 1 aliphatic heterocycles. The highest BCUT2D eigenvalue weighted by molar-refractivity contribution is 5.84. The SMILES string of the molecule is CN1CCN(Cc2ccc(CNC(=O)C3CCCc4ccccc43)cc2)CC1. The Bertz CT molecular complexity index is 794. The van der Waals surface area contributed by atoms with E-state index >= 15 is 0 Å². The normalized spacial score (nSPS) is 20.5. The first-order chi connectivity index (χ1) is 13.7. The van der Waals surface area contributed by atoms with Gasteiger partial charge in [-0.05, 0) is 48.6 Å². The molecule has 1 unspecified atom stereocenters. The van der Waals surface area contributed by atoms with Gasteiger partial charge in [0.1, 0.15) is 0 Å². The number of carbonyl (C=O) groups is 1. The highest BCUT2D eigenvalue weighted by Gasteiger charge is 2.25. The number of hydrogen-bond donors (Lipinski definition) is 1. The van der Waals surface area contributed by atoms with E-state index in [1.807, 2.05) is 6.07 Å². The van der Waals surface area contributed by atoms with Crippen molar-refractivity contribution in [1.82, 2.24) is 15.1 Å². The van der Waals surface area contributed by atoms with Gasteiger partial charge in [-0.1, -0.05) is 48.5 Å². The Kier molecular flexibility index (Phi) is 6.08. The molecule has 0 bridgehead atoms. The minimum Gasteiger partial charge on any atom is -0.351 e. The second-order valence-electron chi connectivity index (χ2n) is 8.26. The number of benzene rings is 2. The molecule has 1 amide bonds. The van der Waals surface area contributed by atoms with Gasteiger partial charge in [-0.2, -0.15) is 0 Å². The zero-order valence-electron chi connectivity index (χ0n) is 16.9. The van der Waals surface area contributed by atoms with Gasteiger partial charge in [0, 0.05) is 39.3 Å². The van der Waals surface area contributed by atoms with E-state index in [0.717, 1.165) is 52.0 Å². The smallest absolute Gasteiger partial charge is 0.227 e. The molecule has 1 saturated heterocycles. The Balaban J connectivity index is 1.30. The van der Waals surface area contributed by atoms with Crippen molar-refractivity contribution < 1.29 is 4.79 Å². The number of nitrogens with one attached hydrogen (secondary N) is 1. The Morgan fingerprint density at radius 1 is 1.00 bits per heavy atom. The number of rotatable bonds is 5. The molecule has 28 heavy (non-hydrogen) atoms. The van der Waals surface area contributed by atoms with E-state index in [-0.39, 0.29) is 11.8 Å². The van der Waals surface area contributed by atoms with Crippen LogP contribution in [0.2, 0.25) is 0 Å². The summed E-state index contributed by atoms with van der Waals surface area (Å²) in [5.74, 6) is 0.162. The number of nitrogens with zero attached hydrogens (tertiary/aromatic N) is 2. The van der Waals surface area contributed by atoms with Crippen molar-refractivity contribution in [2.75, 3.05) is 33.2 Å². The van der Waals surface area contributed by atoms with E-state index in [2.05, 4.69) is 64.6 Å². The molecular weight excluding hydrogens is 346 g/mol. The lowest BCUT2D eigenvalue weighted by molar-refractivity contribution is -0.123. The first-order valence-corrected chi connectivity index (χ1v) is 10.5. The Morgan fingerprint density at radius 2 is 1.71 bits per heavy atom. The Hall–Kier alpha value is -2.17. The van der Waals surface area contributed by atoms with Gasteiger partial charge in [0.2, 0.25) is 5.91 Å². The topological polar surface area (TPSA) is 35.6 Å². The van der Waals surface area contributed by atoms with E-state index in [9.17, 15) is 4.79 Å². The van der Waals surface area contributed by atoms with Gasteiger partial charge >= 0.3 is 0 Å². The van der Waals surface area contributed by atoms with E-state index in [1.165, 1.54) is 22.3 Å². The predicted octanol–water partition coefficient (Wildman–Crippen LogP) is 3.17. The molecule has 4 nitrogen and oxygen atoms in total. The van der Waals surface area contributed by atoms with Crippen LogP contribution in [-0.2, 0) is 24.3 Å². The van der Waals surface area contributed by atoms with E-state index in [1.54, 1.807) is 0 Å². The van der Waals surface area contributed by atoms with Gasteiger partial charge in [0.05, 0.1) is 5.92 Å². The summed E-state index contributed by atoms with van der Waals surface area (Å²) < 4.78 is 0. The molecule has 0 radical (unpaired) electrons. The summed E-state index contributed by atoms with van der Waals surface area (Å²) in [5.41, 5.74) is 5.07. The molecule has 0 saturated carbocycles. The monoisotopic (exact) mass is 377 g/mol. The summed E-state index contributed by atoms with van der Waals surface area (Å²) in [4.78, 5) is 17.7. The molecule has 4 heteroatoms. The van der Waals surface area contributed by atoms with Crippen LogP contribution in [0, 0.1) is 0 Å². The summed E-state index contributed by atoms with van der Waals surface area (Å²) in [6.07, 6.45) is 3.14. The number of piperazine rings is 1. The molecular formula is C24H31N3O. The molecule has 2 aromatic carbocycles. The third-order valence-electron chi connectivity index (χ3n) is 6.18. The van der Waals surface area contributed by atoms with Crippen LogP contribution >= 0.6 is 0 Å². The standard InChI is InChI=1S/C24H31N3O/c1-26-13-15-27(16-14-26)18-20-11-9-19(10-12-20)17-25-24(28)23-8-4-6-21-5-2-3-7-22(21)23/h2-3,5,7,9-12,23H,4,6,8,13-18H2,1H3,(H,25,28). The number of aryl methyl sites for hydroxylation is 1. The fourth-order valence-corrected chi connectivity index (χ4v) is 4.37. The number of fused-ring (bicyclic) bond motifs is 1. The maximum Gasteiger partial charge on any atom is 0.227 e. The lowest BCUT2D eigenvalue weighted by Gasteiger charge is -2.32. The molecule has 1 atom stereocenters. The van der Waals surface area contributed by atoms with Crippen LogP contribution in [0.3, 0.4) is 0 Å². The van der Waals surface area contributed by atoms with E-state index in [0.29, 0.717) is 6.54 Å². The van der Waals surface area contributed by atoms with Crippen molar-refractivity contribution in [1.29, 1.82) is 0 Å². The second kappa shape index (κ2) is 8.89. The zero-order valence-corrected chi connectivity index (χ0v) is 16.9. The van der Waals surface area contributed by atoms with Crippen LogP contribution in [0.4, 0.5) is 0 Å². The number of carbonyl (C=O) groups excluding carboxylic acids is 1. The summed E-state index contributed by atoms with van der Waals surface area (Å²) in [5, 5.41) is 3.16. The third-order valence-corrected chi connectivity index (χ3v) is 6.18. The maximum absolute atomic E-state index is 12.8. The minimum absolute atomic E-state index is 0.00135. The highest BCUT2D eigenvalue weighted by Crippen LogP contribution is 2.31. The van der Waals surface area contributed by atoms with Crippen LogP contribution in [-0.4, -0.2) is 48.9 Å². The van der Waals surface area contributed by atoms with Crippen molar-refractivity contribution in [2.45, 2.75) is 38.3 Å². The molecule has 1 N–H and O–H groups in total. The Morgan fingerprint density at radius 3 is 2.50 bits per heavy atom. The summed E-state index contributed by atoms with van der Waals surface area (Å²) in [6.45, 7) is 6.18. The highest BCUT2D eigenvalue weighted by atomic mass is 16.1. The fourth-order valence-electron chi connectivity index (χ4n) is 4.37. The molecule has 148 valence electrons. The maximum atomic E-state index is 12.8. The van der Waals surface area contributed by atoms with Crippen LogP contribution < -0.4 is 5.32 Å². The third kappa shape index (κ3) is 4.62. The molecule has 0 spiro atoms. The van der Waals surface area contributed by atoms with Crippen molar-refractivity contribution in [2.24, 2.45) is 0 Å². The van der Waals surface area contributed by atoms with Gasteiger partial charge in [0.15, 0.2) is 0 Å². The van der Waals surface area contributed by atoms with Gasteiger partial charge in [-0.25, -0.2) is 0 Å². The number of amides is 1. The Labute approximate surface area is 168 Å². The van der Waals surface area contributed by atoms with Gasteiger partial charge in [-0.3, -0.25) is 9.69 Å². The quantitative estimate of drug-likeness (QED) is 0.869. The van der Waals surface area contributed by atoms with E-state index < -0.39 is 0 Å². The summed E-state index contributed by atoms with van der Waals surface area (Å²) in [6, 6.07) is 17.1. The molecule has 0 aromatic heterocycles. The van der Waals surface area contributed by atoms with Gasteiger partial charge in [-0.15, -0.1) is 0 Å². The molecule has 4 rings (SSSR count). The molecule has 2 aromatic rings. The van der Waals surface area contributed by atoms with E-state index in [4.69, 9.17) is 0 Å². The molecule has 1 fully saturated rings. The first kappa shape index (κ1) is 19.2. The molecule has 1 heterocycles. The van der Waals surface area contributed by atoms with Crippen molar-refractivity contribution in [3.05, 3.63) is 70.8 Å². The largest absolute Gasteiger partial charge is 0.351 e.